The number of unbranched alkanes of at least 4 members (excludes halogenated alkanes) is 6. The van der Waals surface area contributed by atoms with Gasteiger partial charge in [0.05, 0.1) is 24.7 Å². The second-order valence-electron chi connectivity index (χ2n) is 23.8. The molecule has 0 saturated carbocycles. The van der Waals surface area contributed by atoms with E-state index in [1.807, 2.05) is 55.4 Å². The molecule has 0 aromatic rings. The Balaban J connectivity index is 6.48. The fourth-order valence-electron chi connectivity index (χ4n) is 8.86. The van der Waals surface area contributed by atoms with Crippen molar-refractivity contribution in [1.29, 1.82) is 0 Å². The molecule has 21 nitrogen and oxygen atoms in total. The summed E-state index contributed by atoms with van der Waals surface area (Å²) in [5.41, 5.74) is 5.85. The topological polar surface area (TPSA) is 337 Å². The summed E-state index contributed by atoms with van der Waals surface area (Å²) in [6.07, 6.45) is 6.14. The molecule has 0 saturated heterocycles. The van der Waals surface area contributed by atoms with Crippen LogP contribution in [0.4, 0.5) is 0 Å². The predicted molar refractivity (Wildman–Crippen MR) is 303 cm³/mol. The molecule has 10 unspecified atom stereocenters. The molecule has 0 rings (SSSR count). The normalized spacial score (nSPS) is 15.5. The highest BCUT2D eigenvalue weighted by Gasteiger charge is 2.37. The van der Waals surface area contributed by atoms with Crippen molar-refractivity contribution in [3.63, 3.8) is 0 Å². The molecule has 0 radical (unpaired) electrons. The molecule has 0 fully saturated rings. The Kier molecular flexibility index (Phi) is 35.7. The van der Waals surface area contributed by atoms with Gasteiger partial charge < -0.3 is 63.6 Å². The number of hydrogen-bond acceptors (Lipinski definition) is 12. The van der Waals surface area contributed by atoms with E-state index in [2.05, 4.69) is 56.0 Å². The van der Waals surface area contributed by atoms with Crippen molar-refractivity contribution in [1.82, 2.24) is 42.5 Å². The van der Waals surface area contributed by atoms with Gasteiger partial charge in [-0.05, 0) is 87.4 Å². The number of aliphatic hydroxyl groups excluding tert-OH is 2. The zero-order chi connectivity index (χ0) is 60.0. The van der Waals surface area contributed by atoms with Gasteiger partial charge in [-0.1, -0.05) is 142 Å². The van der Waals surface area contributed by atoms with Gasteiger partial charge in [0.2, 0.25) is 47.3 Å². The van der Waals surface area contributed by atoms with Crippen molar-refractivity contribution in [2.75, 3.05) is 0 Å². The van der Waals surface area contributed by atoms with Gasteiger partial charge in [-0.15, -0.1) is 0 Å². The SMILES string of the molecule is C=C(NC(CC(C)C)C(=O)NC(CCC(N)=O)C(=O)NC(CC(C)C)C(=O)NC(C(=O)NC(C(=O)NC(CC(C)C)C(=O)NC(CC(C)C)C(=O)O)C(C)C)C(C)O)C(CC(C)C)NC(=O)CC(O)CCCCCCCCC. The number of rotatable bonds is 42. The number of nitrogens with two attached hydrogens (primary N) is 1. The third-order valence-electron chi connectivity index (χ3n) is 13.0. The van der Waals surface area contributed by atoms with Crippen LogP contribution in [-0.2, 0) is 43.2 Å². The number of carbonyl (C=O) groups excluding carboxylic acids is 8. The maximum atomic E-state index is 14.2. The average molecular weight is 1110 g/mol. The van der Waals surface area contributed by atoms with Gasteiger partial charge in [0.1, 0.15) is 42.3 Å². The lowest BCUT2D eigenvalue weighted by atomic mass is 9.97. The Morgan fingerprint density at radius 2 is 0.808 bits per heavy atom. The maximum Gasteiger partial charge on any atom is 0.326 e. The molecule has 8 amide bonds. The minimum atomic E-state index is -1.66. The van der Waals surface area contributed by atoms with Crippen LogP contribution in [0.5, 0.6) is 0 Å². The first-order valence-corrected chi connectivity index (χ1v) is 28.7. The first-order chi connectivity index (χ1) is 36.3. The molecule has 0 bridgehead atoms. The maximum absolute atomic E-state index is 14.2. The smallest absolute Gasteiger partial charge is 0.326 e. The molecule has 0 aliphatic heterocycles. The molecule has 10 atom stereocenters. The molecular formula is C57H105N9O12. The number of amides is 8. The molecular weight excluding hydrogens is 1000 g/mol. The number of nitrogens with one attached hydrogen (secondary N) is 8. The van der Waals surface area contributed by atoms with Crippen LogP contribution in [0.1, 0.15) is 200 Å². The summed E-state index contributed by atoms with van der Waals surface area (Å²) in [4.78, 5) is 121. The van der Waals surface area contributed by atoms with Crippen molar-refractivity contribution in [2.45, 2.75) is 260 Å². The summed E-state index contributed by atoms with van der Waals surface area (Å²) >= 11 is 0. The summed E-state index contributed by atoms with van der Waals surface area (Å²) in [5.74, 6) is -8.08. The first kappa shape index (κ1) is 72.7. The molecule has 21 heteroatoms. The van der Waals surface area contributed by atoms with Crippen molar-refractivity contribution in [2.24, 2.45) is 41.2 Å². The monoisotopic (exact) mass is 1110 g/mol. The van der Waals surface area contributed by atoms with Crippen molar-refractivity contribution in [3.05, 3.63) is 12.3 Å². The number of carboxylic acid groups (broad SMARTS) is 1. The minimum absolute atomic E-state index is 0.0227. The van der Waals surface area contributed by atoms with E-state index < -0.39 is 114 Å². The Morgan fingerprint density at radius 3 is 1.26 bits per heavy atom. The van der Waals surface area contributed by atoms with Gasteiger partial charge in [0.15, 0.2) is 0 Å². The van der Waals surface area contributed by atoms with Crippen LogP contribution >= 0.6 is 0 Å². The lowest BCUT2D eigenvalue weighted by Gasteiger charge is -2.31. The second kappa shape index (κ2) is 38.3. The van der Waals surface area contributed by atoms with E-state index in [1.54, 1.807) is 27.7 Å². The Morgan fingerprint density at radius 1 is 0.436 bits per heavy atom. The Labute approximate surface area is 466 Å². The van der Waals surface area contributed by atoms with E-state index in [0.717, 1.165) is 25.7 Å². The van der Waals surface area contributed by atoms with E-state index in [-0.39, 0.29) is 80.4 Å². The first-order valence-electron chi connectivity index (χ1n) is 28.7. The van der Waals surface area contributed by atoms with Gasteiger partial charge in [0, 0.05) is 12.1 Å². The van der Waals surface area contributed by atoms with E-state index in [0.29, 0.717) is 18.5 Å². The molecule has 0 spiro atoms. The Bertz CT molecular complexity index is 1890. The Hall–Kier alpha value is -5.31. The highest BCUT2D eigenvalue weighted by Crippen LogP contribution is 2.17. The van der Waals surface area contributed by atoms with Gasteiger partial charge >= 0.3 is 5.97 Å². The fraction of sp³-hybridized carbons (Fsp3) is 0.807. The van der Waals surface area contributed by atoms with Crippen molar-refractivity contribution >= 4 is 53.2 Å². The molecule has 13 N–H and O–H groups in total. The zero-order valence-electron chi connectivity index (χ0n) is 49.9. The molecule has 78 heavy (non-hydrogen) atoms. The van der Waals surface area contributed by atoms with Crippen molar-refractivity contribution < 1.29 is 58.5 Å². The van der Waals surface area contributed by atoms with Crippen LogP contribution in [0, 0.1) is 35.5 Å². The lowest BCUT2D eigenvalue weighted by molar-refractivity contribution is -0.143. The van der Waals surface area contributed by atoms with Gasteiger partial charge in [-0.25, -0.2) is 4.79 Å². The number of aliphatic hydroxyl groups is 2. The predicted octanol–water partition coefficient (Wildman–Crippen LogP) is 4.36. The van der Waals surface area contributed by atoms with Crippen LogP contribution in [0.25, 0.3) is 0 Å². The number of carbonyl (C=O) groups is 9. The van der Waals surface area contributed by atoms with Crippen LogP contribution in [0.15, 0.2) is 12.3 Å². The molecule has 0 aromatic carbocycles. The van der Waals surface area contributed by atoms with E-state index in [9.17, 15) is 58.5 Å². The zero-order valence-corrected chi connectivity index (χ0v) is 49.9. The third-order valence-corrected chi connectivity index (χ3v) is 13.0. The summed E-state index contributed by atoms with van der Waals surface area (Å²) < 4.78 is 0. The number of aliphatic carboxylic acids is 1. The second-order valence-corrected chi connectivity index (χ2v) is 23.8. The standard InChI is InChI=1S/C57H105N9O12/c1-16-17-18-19-20-21-22-23-40(68)31-48(70)60-42(26-32(2)3)38(14)59-43(27-33(4)5)52(72)61-41(24-25-47(58)69)51(71)62-45(29-35(8)9)54(74)66-50(39(15)67)56(76)65-49(37(12)13)55(75)63-44(28-34(6)7)53(73)64-46(57(77)78)30-36(10)11/h32-37,39-46,49-50,59,67-68H,14,16-31H2,1-13,15H3,(H2,58,69)(H,60,70)(H,61,72)(H,62,71)(H,63,75)(H,64,73)(H,65,76)(H,66,74)(H,77,78). The average Bonchev–Trinajstić information content (AvgIpc) is 3.30. The third kappa shape index (κ3) is 31.3. The molecule has 0 aromatic heterocycles. The summed E-state index contributed by atoms with van der Waals surface area (Å²) in [6, 6.07) is -9.66. The highest BCUT2D eigenvalue weighted by molar-refractivity contribution is 5.97. The quantitative estimate of drug-likeness (QED) is 0.0379. The largest absolute Gasteiger partial charge is 0.480 e. The summed E-state index contributed by atoms with van der Waals surface area (Å²) in [6.45, 7) is 29.5. The van der Waals surface area contributed by atoms with E-state index in [4.69, 9.17) is 5.73 Å². The molecule has 0 aliphatic carbocycles. The van der Waals surface area contributed by atoms with Gasteiger partial charge in [0.25, 0.3) is 0 Å². The van der Waals surface area contributed by atoms with Crippen LogP contribution in [-0.4, -0.2) is 129 Å². The minimum Gasteiger partial charge on any atom is -0.480 e. The van der Waals surface area contributed by atoms with E-state index >= 15 is 0 Å². The van der Waals surface area contributed by atoms with Gasteiger partial charge in [-0.2, -0.15) is 0 Å². The van der Waals surface area contributed by atoms with Crippen molar-refractivity contribution in [3.8, 4) is 0 Å². The van der Waals surface area contributed by atoms with Crippen LogP contribution in [0.3, 0.4) is 0 Å². The number of carboxylic acids is 1. The van der Waals surface area contributed by atoms with Crippen LogP contribution < -0.4 is 48.3 Å². The van der Waals surface area contributed by atoms with E-state index in [1.165, 1.54) is 26.2 Å². The highest BCUT2D eigenvalue weighted by atomic mass is 16.4. The number of hydrogen-bond donors (Lipinski definition) is 12. The fourth-order valence-corrected chi connectivity index (χ4v) is 8.86. The molecule has 0 heterocycles. The molecule has 0 aliphatic rings. The van der Waals surface area contributed by atoms with Gasteiger partial charge in [-0.3, -0.25) is 38.4 Å². The summed E-state index contributed by atoms with van der Waals surface area (Å²) in [7, 11) is 0. The summed E-state index contributed by atoms with van der Waals surface area (Å²) in [5, 5.41) is 53.1. The number of primary amides is 1. The lowest BCUT2D eigenvalue weighted by Crippen LogP contribution is -2.62. The molecule has 450 valence electrons. The van der Waals surface area contributed by atoms with Crippen LogP contribution in [0.2, 0.25) is 0 Å².